The highest BCUT2D eigenvalue weighted by Gasteiger charge is 2.18. The predicted octanol–water partition coefficient (Wildman–Crippen LogP) is 5.27. The number of ether oxygens (including phenoxy) is 1. The van der Waals surface area contributed by atoms with Crippen molar-refractivity contribution in [2.24, 2.45) is 0 Å². The lowest BCUT2D eigenvalue weighted by atomic mass is 10.1. The number of thioether (sulfide) groups is 1. The smallest absolute Gasteiger partial charge is 0.237 e. The highest BCUT2D eigenvalue weighted by molar-refractivity contribution is 7.98. The van der Waals surface area contributed by atoms with E-state index < -0.39 is 0 Å². The summed E-state index contributed by atoms with van der Waals surface area (Å²) in [5.74, 6) is 3.48. The maximum atomic E-state index is 5.59. The van der Waals surface area contributed by atoms with Crippen molar-refractivity contribution in [3.8, 4) is 22.8 Å². The summed E-state index contributed by atoms with van der Waals surface area (Å²) >= 11 is 1.52. The minimum Gasteiger partial charge on any atom is -0.494 e. The van der Waals surface area contributed by atoms with Crippen LogP contribution in [0.3, 0.4) is 0 Å². The standard InChI is InChI=1S/C23H25N5O2S/c1-4-7-20-24-21(30-27-20)15-31-23-26-25-22(17-9-6-8-16(3)14-17)28(23)18-10-12-19(13-11-18)29-5-2/h6,8-14H,4-5,7,15H2,1-3H3. The number of aryl methyl sites for hydroxylation is 2. The Hall–Kier alpha value is -3.13. The van der Waals surface area contributed by atoms with Crippen LogP contribution in [0.1, 0.15) is 37.5 Å². The van der Waals surface area contributed by atoms with Gasteiger partial charge in [-0.1, -0.05) is 47.6 Å². The second kappa shape index (κ2) is 9.78. The Morgan fingerprint density at radius 1 is 1.06 bits per heavy atom. The first-order valence-corrected chi connectivity index (χ1v) is 11.4. The fraction of sp³-hybridized carbons (Fsp3) is 0.304. The molecule has 0 N–H and O–H groups in total. The first-order valence-electron chi connectivity index (χ1n) is 10.4. The van der Waals surface area contributed by atoms with E-state index in [1.54, 1.807) is 0 Å². The Labute approximate surface area is 185 Å². The second-order valence-electron chi connectivity index (χ2n) is 7.08. The fourth-order valence-electron chi connectivity index (χ4n) is 3.23. The van der Waals surface area contributed by atoms with Crippen LogP contribution in [-0.4, -0.2) is 31.5 Å². The van der Waals surface area contributed by atoms with Crippen molar-refractivity contribution < 1.29 is 9.26 Å². The van der Waals surface area contributed by atoms with E-state index in [9.17, 15) is 0 Å². The van der Waals surface area contributed by atoms with E-state index in [1.165, 1.54) is 17.3 Å². The van der Waals surface area contributed by atoms with Crippen LogP contribution in [0.15, 0.2) is 58.2 Å². The van der Waals surface area contributed by atoms with Crippen LogP contribution in [0.2, 0.25) is 0 Å². The molecule has 0 atom stereocenters. The van der Waals surface area contributed by atoms with Gasteiger partial charge in [-0.2, -0.15) is 4.98 Å². The third kappa shape index (κ3) is 4.96. The molecule has 2 aromatic carbocycles. The Kier molecular flexibility index (Phi) is 6.66. The summed E-state index contributed by atoms with van der Waals surface area (Å²) < 4.78 is 13.0. The van der Waals surface area contributed by atoms with E-state index in [1.807, 2.05) is 43.3 Å². The molecule has 0 bridgehead atoms. The first kappa shape index (κ1) is 21.1. The van der Waals surface area contributed by atoms with Crippen LogP contribution in [0.25, 0.3) is 17.1 Å². The summed E-state index contributed by atoms with van der Waals surface area (Å²) in [6.07, 6.45) is 1.80. The average molecular weight is 436 g/mol. The lowest BCUT2D eigenvalue weighted by Crippen LogP contribution is -2.00. The van der Waals surface area contributed by atoms with Gasteiger partial charge in [0.15, 0.2) is 16.8 Å². The molecular formula is C23H25N5O2S. The number of nitrogens with zero attached hydrogens (tertiary/aromatic N) is 5. The molecule has 0 fully saturated rings. The highest BCUT2D eigenvalue weighted by atomic mass is 32.2. The normalized spacial score (nSPS) is 11.1. The summed E-state index contributed by atoms with van der Waals surface area (Å²) in [4.78, 5) is 4.45. The van der Waals surface area contributed by atoms with E-state index in [0.717, 1.165) is 46.6 Å². The van der Waals surface area contributed by atoms with Crippen LogP contribution in [-0.2, 0) is 12.2 Å². The van der Waals surface area contributed by atoms with Crippen LogP contribution in [0.4, 0.5) is 0 Å². The SMILES string of the molecule is CCCc1noc(CSc2nnc(-c3cccc(C)c3)n2-c2ccc(OCC)cc2)n1. The van der Waals surface area contributed by atoms with E-state index in [0.29, 0.717) is 18.3 Å². The number of hydrogen-bond acceptors (Lipinski definition) is 7. The molecule has 2 heterocycles. The summed E-state index contributed by atoms with van der Waals surface area (Å²) in [5, 5.41) is 13.8. The summed E-state index contributed by atoms with van der Waals surface area (Å²) in [7, 11) is 0. The topological polar surface area (TPSA) is 78.9 Å². The minimum atomic E-state index is 0.527. The van der Waals surface area contributed by atoms with Crippen LogP contribution < -0.4 is 4.74 Å². The Morgan fingerprint density at radius 3 is 2.65 bits per heavy atom. The highest BCUT2D eigenvalue weighted by Crippen LogP contribution is 2.30. The van der Waals surface area contributed by atoms with E-state index >= 15 is 0 Å². The van der Waals surface area contributed by atoms with Gasteiger partial charge in [-0.05, 0) is 50.6 Å². The molecule has 0 radical (unpaired) electrons. The molecule has 0 saturated heterocycles. The maximum Gasteiger partial charge on any atom is 0.237 e. The molecule has 7 nitrogen and oxygen atoms in total. The summed E-state index contributed by atoms with van der Waals surface area (Å²) in [5.41, 5.74) is 3.14. The largest absolute Gasteiger partial charge is 0.494 e. The summed E-state index contributed by atoms with van der Waals surface area (Å²) in [6, 6.07) is 16.2. The quantitative estimate of drug-likeness (QED) is 0.331. The first-order chi connectivity index (χ1) is 15.2. The third-order valence-electron chi connectivity index (χ3n) is 4.62. The zero-order valence-electron chi connectivity index (χ0n) is 17.9. The second-order valence-corrected chi connectivity index (χ2v) is 8.02. The van der Waals surface area contributed by atoms with Crippen LogP contribution in [0.5, 0.6) is 5.75 Å². The molecule has 0 aliphatic heterocycles. The molecule has 4 rings (SSSR count). The van der Waals surface area contributed by atoms with Gasteiger partial charge in [0.05, 0.1) is 12.4 Å². The Bertz CT molecular complexity index is 1140. The Morgan fingerprint density at radius 2 is 1.90 bits per heavy atom. The number of aromatic nitrogens is 5. The number of rotatable bonds is 9. The van der Waals surface area contributed by atoms with Gasteiger partial charge >= 0.3 is 0 Å². The molecule has 160 valence electrons. The monoisotopic (exact) mass is 435 g/mol. The van der Waals surface area contributed by atoms with Crippen LogP contribution >= 0.6 is 11.8 Å². The molecule has 4 aromatic rings. The molecule has 0 aliphatic rings. The van der Waals surface area contributed by atoms with Crippen LogP contribution in [0, 0.1) is 6.92 Å². The molecule has 0 amide bonds. The van der Waals surface area contributed by atoms with Crippen molar-refractivity contribution in [1.82, 2.24) is 24.9 Å². The van der Waals surface area contributed by atoms with Gasteiger partial charge in [-0.25, -0.2) is 0 Å². The molecule has 0 saturated carbocycles. The number of benzene rings is 2. The van der Waals surface area contributed by atoms with Crippen molar-refractivity contribution in [2.45, 2.75) is 44.5 Å². The van der Waals surface area contributed by atoms with Gasteiger partial charge in [0.2, 0.25) is 5.89 Å². The molecular weight excluding hydrogens is 410 g/mol. The molecule has 2 aromatic heterocycles. The van der Waals surface area contributed by atoms with Gasteiger partial charge in [-0.15, -0.1) is 10.2 Å². The van der Waals surface area contributed by atoms with E-state index in [-0.39, 0.29) is 0 Å². The average Bonchev–Trinajstić information content (AvgIpc) is 3.40. The lowest BCUT2D eigenvalue weighted by molar-refractivity contribution is 0.340. The third-order valence-corrected chi connectivity index (χ3v) is 5.54. The van der Waals surface area contributed by atoms with Gasteiger partial charge < -0.3 is 9.26 Å². The predicted molar refractivity (Wildman–Crippen MR) is 121 cm³/mol. The maximum absolute atomic E-state index is 5.59. The van der Waals surface area contributed by atoms with E-state index in [2.05, 4.69) is 50.9 Å². The van der Waals surface area contributed by atoms with Gasteiger partial charge in [0.25, 0.3) is 0 Å². The van der Waals surface area contributed by atoms with Gasteiger partial charge in [0.1, 0.15) is 5.75 Å². The molecule has 0 unspecified atom stereocenters. The van der Waals surface area contributed by atoms with Gasteiger partial charge in [-0.3, -0.25) is 4.57 Å². The van der Waals surface area contributed by atoms with Gasteiger partial charge in [0, 0.05) is 17.7 Å². The molecule has 0 spiro atoms. The van der Waals surface area contributed by atoms with E-state index in [4.69, 9.17) is 9.26 Å². The van der Waals surface area contributed by atoms with Crippen molar-refractivity contribution in [3.63, 3.8) is 0 Å². The molecule has 8 heteroatoms. The molecule has 0 aliphatic carbocycles. The summed E-state index contributed by atoms with van der Waals surface area (Å²) in [6.45, 7) is 6.77. The van der Waals surface area contributed by atoms with Crippen molar-refractivity contribution in [1.29, 1.82) is 0 Å². The van der Waals surface area contributed by atoms with Crippen molar-refractivity contribution in [2.75, 3.05) is 6.61 Å². The number of hydrogen-bond donors (Lipinski definition) is 0. The Balaban J connectivity index is 1.67. The molecule has 31 heavy (non-hydrogen) atoms. The fourth-order valence-corrected chi connectivity index (χ4v) is 4.01. The van der Waals surface area contributed by atoms with Crippen molar-refractivity contribution >= 4 is 11.8 Å². The lowest BCUT2D eigenvalue weighted by Gasteiger charge is -2.11. The minimum absolute atomic E-state index is 0.527. The zero-order chi connectivity index (χ0) is 21.6. The van der Waals surface area contributed by atoms with Crippen molar-refractivity contribution in [3.05, 3.63) is 65.8 Å². The zero-order valence-corrected chi connectivity index (χ0v) is 18.7.